The minimum Gasteiger partial charge on any atom is -0.372 e. The predicted octanol–water partition coefficient (Wildman–Crippen LogP) is 1.01. The zero-order chi connectivity index (χ0) is 16.6. The van der Waals surface area contributed by atoms with Crippen molar-refractivity contribution in [3.05, 3.63) is 30.5 Å². The fourth-order valence-electron chi connectivity index (χ4n) is 2.62. The predicted molar refractivity (Wildman–Crippen MR) is 83.2 cm³/mol. The molecule has 1 saturated heterocycles. The first-order valence-electron chi connectivity index (χ1n) is 7.53. The van der Waals surface area contributed by atoms with Gasteiger partial charge in [0.05, 0.1) is 18.6 Å². The molecule has 8 nitrogen and oxygen atoms in total. The molecule has 0 spiro atoms. The van der Waals surface area contributed by atoms with Crippen LogP contribution in [-0.2, 0) is 21.8 Å². The van der Waals surface area contributed by atoms with Gasteiger partial charge in [0.2, 0.25) is 0 Å². The Hall–Kier alpha value is -1.71. The number of aryl methyl sites for hydroxylation is 1. The second-order valence-corrected chi connectivity index (χ2v) is 7.67. The Bertz CT molecular complexity index is 780. The topological polar surface area (TPSA) is 91.0 Å². The summed E-state index contributed by atoms with van der Waals surface area (Å²) >= 11 is 0. The third-order valence-corrected chi connectivity index (χ3v) is 5.28. The smallest absolute Gasteiger partial charge is 0.259 e. The maximum Gasteiger partial charge on any atom is 0.259 e. The van der Waals surface area contributed by atoms with Gasteiger partial charge in [-0.2, -0.15) is 5.10 Å². The number of nitrogens with zero attached hydrogens (tertiary/aromatic N) is 4. The zero-order valence-corrected chi connectivity index (χ0v) is 14.2. The van der Waals surface area contributed by atoms with Crippen LogP contribution in [0, 0.1) is 0 Å². The molecule has 1 fully saturated rings. The summed E-state index contributed by atoms with van der Waals surface area (Å²) in [6, 6.07) is -0.169. The summed E-state index contributed by atoms with van der Waals surface area (Å²) in [6.45, 7) is 4.44. The number of imidazole rings is 1. The molecule has 0 unspecified atom stereocenters. The summed E-state index contributed by atoms with van der Waals surface area (Å²) in [5.41, 5.74) is 0.866. The van der Waals surface area contributed by atoms with Gasteiger partial charge in [-0.15, -0.1) is 0 Å². The lowest BCUT2D eigenvalue weighted by atomic mass is 10.1. The first kappa shape index (κ1) is 16.2. The van der Waals surface area contributed by atoms with Crippen molar-refractivity contribution in [2.75, 3.05) is 6.61 Å². The van der Waals surface area contributed by atoms with Gasteiger partial charge >= 0.3 is 0 Å². The van der Waals surface area contributed by atoms with Crippen molar-refractivity contribution in [3.8, 4) is 0 Å². The first-order valence-corrected chi connectivity index (χ1v) is 9.01. The second kappa shape index (κ2) is 6.06. The number of ether oxygens (including phenoxy) is 1. The number of sulfonamides is 1. The summed E-state index contributed by atoms with van der Waals surface area (Å²) in [5, 5.41) is 4.15. The number of hydrogen-bond acceptors (Lipinski definition) is 5. The van der Waals surface area contributed by atoms with E-state index < -0.39 is 10.0 Å². The van der Waals surface area contributed by atoms with Gasteiger partial charge in [-0.3, -0.25) is 4.68 Å². The minimum atomic E-state index is -3.68. The molecule has 1 aliphatic rings. The molecular formula is C14H21N5O3S. The lowest BCUT2D eigenvalue weighted by Crippen LogP contribution is -2.36. The van der Waals surface area contributed by atoms with E-state index in [-0.39, 0.29) is 23.2 Å². The van der Waals surface area contributed by atoms with Crippen LogP contribution in [0.2, 0.25) is 0 Å². The molecule has 0 amide bonds. The SMILES string of the molecule is CC(C)n1cnc(S(=O)(=O)N[C@H]2CCO[C@@H]2c2cnn(C)c2)c1. The minimum absolute atomic E-state index is 0.0306. The van der Waals surface area contributed by atoms with Crippen molar-refractivity contribution in [2.45, 2.75) is 43.5 Å². The number of nitrogens with one attached hydrogen (secondary N) is 1. The van der Waals surface area contributed by atoms with Crippen LogP contribution in [-0.4, -0.2) is 40.4 Å². The van der Waals surface area contributed by atoms with Crippen LogP contribution in [0.5, 0.6) is 0 Å². The molecule has 1 aliphatic heterocycles. The molecule has 2 aromatic rings. The Morgan fingerprint density at radius 3 is 2.78 bits per heavy atom. The van der Waals surface area contributed by atoms with Gasteiger partial charge in [0.1, 0.15) is 6.10 Å². The van der Waals surface area contributed by atoms with Crippen LogP contribution in [0.1, 0.15) is 38.0 Å². The van der Waals surface area contributed by atoms with E-state index in [9.17, 15) is 8.42 Å². The molecule has 23 heavy (non-hydrogen) atoms. The van der Waals surface area contributed by atoms with E-state index in [1.807, 2.05) is 27.1 Å². The standard InChI is InChI=1S/C14H21N5O3S/c1-10(2)19-8-13(15-9-19)23(20,21)17-12-4-5-22-14(12)11-6-16-18(3)7-11/h6-10,12,14,17H,4-5H2,1-3H3/t12-,14+/m0/s1. The maximum atomic E-state index is 12.5. The lowest BCUT2D eigenvalue weighted by Gasteiger charge is -2.18. The lowest BCUT2D eigenvalue weighted by molar-refractivity contribution is 0.102. The average Bonchev–Trinajstić information content (AvgIpc) is 3.17. The molecule has 0 bridgehead atoms. The molecule has 9 heteroatoms. The molecule has 2 aromatic heterocycles. The first-order chi connectivity index (χ1) is 10.9. The monoisotopic (exact) mass is 339 g/mol. The van der Waals surface area contributed by atoms with Gasteiger partial charge in [-0.25, -0.2) is 18.1 Å². The van der Waals surface area contributed by atoms with Crippen molar-refractivity contribution in [1.29, 1.82) is 0 Å². The molecular weight excluding hydrogens is 318 g/mol. The fraction of sp³-hybridized carbons (Fsp3) is 0.571. The molecule has 126 valence electrons. The summed E-state index contributed by atoms with van der Waals surface area (Å²) in [5.74, 6) is 0. The Morgan fingerprint density at radius 1 is 1.39 bits per heavy atom. The van der Waals surface area contributed by atoms with Crippen molar-refractivity contribution in [1.82, 2.24) is 24.1 Å². The third-order valence-electron chi connectivity index (χ3n) is 3.90. The van der Waals surface area contributed by atoms with Crippen LogP contribution >= 0.6 is 0 Å². The van der Waals surface area contributed by atoms with Crippen molar-refractivity contribution in [2.24, 2.45) is 7.05 Å². The molecule has 0 aliphatic carbocycles. The summed E-state index contributed by atoms with van der Waals surface area (Å²) in [6.07, 6.45) is 6.90. The van der Waals surface area contributed by atoms with Crippen LogP contribution in [0.3, 0.4) is 0 Å². The van der Waals surface area contributed by atoms with Crippen molar-refractivity contribution >= 4 is 10.0 Å². The van der Waals surface area contributed by atoms with Gasteiger partial charge in [0.25, 0.3) is 10.0 Å². The summed E-state index contributed by atoms with van der Waals surface area (Å²) in [7, 11) is -1.86. The van der Waals surface area contributed by atoms with Crippen LogP contribution in [0.15, 0.2) is 29.9 Å². The van der Waals surface area contributed by atoms with E-state index in [2.05, 4.69) is 14.8 Å². The third kappa shape index (κ3) is 3.31. The Kier molecular flexibility index (Phi) is 4.26. The maximum absolute atomic E-state index is 12.5. The van der Waals surface area contributed by atoms with Crippen LogP contribution in [0.4, 0.5) is 0 Å². The number of rotatable bonds is 5. The van der Waals surface area contributed by atoms with Gasteiger partial charge in [0.15, 0.2) is 5.03 Å². The second-order valence-electron chi connectivity index (χ2n) is 6.01. The molecule has 0 radical (unpaired) electrons. The highest BCUT2D eigenvalue weighted by Gasteiger charge is 2.34. The number of aromatic nitrogens is 4. The highest BCUT2D eigenvalue weighted by atomic mass is 32.2. The summed E-state index contributed by atoms with van der Waals surface area (Å²) < 4.78 is 36.9. The van der Waals surface area contributed by atoms with E-state index in [1.54, 1.807) is 21.6 Å². The Balaban J connectivity index is 1.78. The molecule has 0 saturated carbocycles. The Labute approximate surface area is 135 Å². The molecule has 3 rings (SSSR count). The van der Waals surface area contributed by atoms with Gasteiger partial charge < -0.3 is 9.30 Å². The zero-order valence-electron chi connectivity index (χ0n) is 13.4. The average molecular weight is 339 g/mol. The highest BCUT2D eigenvalue weighted by molar-refractivity contribution is 7.89. The van der Waals surface area contributed by atoms with Gasteiger partial charge in [-0.1, -0.05) is 0 Å². The van der Waals surface area contributed by atoms with Crippen molar-refractivity contribution in [3.63, 3.8) is 0 Å². The quantitative estimate of drug-likeness (QED) is 0.878. The van der Waals surface area contributed by atoms with Crippen molar-refractivity contribution < 1.29 is 13.2 Å². The molecule has 3 heterocycles. The van der Waals surface area contributed by atoms with E-state index in [0.29, 0.717) is 13.0 Å². The number of hydrogen-bond donors (Lipinski definition) is 1. The van der Waals surface area contributed by atoms with Crippen LogP contribution < -0.4 is 4.72 Å². The highest BCUT2D eigenvalue weighted by Crippen LogP contribution is 2.29. The van der Waals surface area contributed by atoms with E-state index >= 15 is 0 Å². The molecule has 0 aromatic carbocycles. The fourth-order valence-corrected chi connectivity index (χ4v) is 3.83. The van der Waals surface area contributed by atoms with E-state index in [1.165, 1.54) is 6.33 Å². The summed E-state index contributed by atoms with van der Waals surface area (Å²) in [4.78, 5) is 4.01. The molecule has 1 N–H and O–H groups in total. The Morgan fingerprint density at radius 2 is 2.17 bits per heavy atom. The molecule has 2 atom stereocenters. The van der Waals surface area contributed by atoms with Crippen LogP contribution in [0.25, 0.3) is 0 Å². The van der Waals surface area contributed by atoms with E-state index in [0.717, 1.165) is 5.56 Å². The van der Waals surface area contributed by atoms with E-state index in [4.69, 9.17) is 4.74 Å². The largest absolute Gasteiger partial charge is 0.372 e. The normalized spacial score (nSPS) is 22.1. The van der Waals surface area contributed by atoms with Gasteiger partial charge in [0, 0.05) is 37.7 Å². The van der Waals surface area contributed by atoms with Gasteiger partial charge in [-0.05, 0) is 20.3 Å².